The Morgan fingerprint density at radius 2 is 1.63 bits per heavy atom. The quantitative estimate of drug-likeness (QED) is 0.397. The van der Waals surface area contributed by atoms with Crippen LogP contribution in [0.15, 0.2) is 65.2 Å². The number of benzene rings is 3. The summed E-state index contributed by atoms with van der Waals surface area (Å²) < 4.78 is 5.67. The Bertz CT molecular complexity index is 1400. The van der Waals surface area contributed by atoms with Crippen molar-refractivity contribution in [2.75, 3.05) is 0 Å². The number of carbonyl (C=O) groups is 1. The zero-order chi connectivity index (χ0) is 24.1. The van der Waals surface area contributed by atoms with Gasteiger partial charge in [-0.05, 0) is 78.3 Å². The van der Waals surface area contributed by atoms with E-state index in [1.807, 2.05) is 12.1 Å². The number of hydrogen-bond donors (Lipinski definition) is 1. The number of aromatic nitrogens is 2. The summed E-state index contributed by atoms with van der Waals surface area (Å²) in [6.45, 7) is 5.94. The summed E-state index contributed by atoms with van der Waals surface area (Å²) in [6.07, 6.45) is 1.48. The van der Waals surface area contributed by atoms with Gasteiger partial charge < -0.3 is 9.63 Å². The summed E-state index contributed by atoms with van der Waals surface area (Å²) in [5.74, 6) is 0.236. The van der Waals surface area contributed by atoms with Crippen molar-refractivity contribution in [1.29, 1.82) is 0 Å². The second-order valence-electron chi connectivity index (χ2n) is 9.82. The Morgan fingerprint density at radius 3 is 2.34 bits per heavy atom. The minimum absolute atomic E-state index is 0.189. The first-order chi connectivity index (χ1) is 17.0. The molecule has 1 saturated carbocycles. The molecule has 6 nitrogen and oxygen atoms in total. The molecule has 1 aliphatic carbocycles. The highest BCUT2D eigenvalue weighted by Gasteiger charge is 2.39. The van der Waals surface area contributed by atoms with Gasteiger partial charge in [-0.2, -0.15) is 4.98 Å². The molecule has 0 unspecified atom stereocenters. The van der Waals surface area contributed by atoms with Gasteiger partial charge >= 0.3 is 5.97 Å². The number of rotatable bonds is 5. The Morgan fingerprint density at radius 1 is 0.914 bits per heavy atom. The largest absolute Gasteiger partial charge is 0.481 e. The number of aryl methyl sites for hydroxylation is 2. The lowest BCUT2D eigenvalue weighted by Gasteiger charge is -2.39. The molecule has 35 heavy (non-hydrogen) atoms. The first kappa shape index (κ1) is 21.7. The van der Waals surface area contributed by atoms with Gasteiger partial charge in [0.2, 0.25) is 5.82 Å². The summed E-state index contributed by atoms with van der Waals surface area (Å²) in [6, 6.07) is 21.3. The molecule has 2 heterocycles. The van der Waals surface area contributed by atoms with E-state index in [0.717, 1.165) is 37.1 Å². The van der Waals surface area contributed by atoms with Gasteiger partial charge in [0.05, 0.1) is 5.92 Å². The molecule has 1 aromatic heterocycles. The van der Waals surface area contributed by atoms with Crippen molar-refractivity contribution < 1.29 is 14.4 Å². The van der Waals surface area contributed by atoms with Gasteiger partial charge in [-0.1, -0.05) is 47.6 Å². The average Bonchev–Trinajstić information content (AvgIpc) is 3.45. The second-order valence-corrected chi connectivity index (χ2v) is 9.82. The molecule has 0 bridgehead atoms. The highest BCUT2D eigenvalue weighted by Crippen LogP contribution is 2.38. The zero-order valence-electron chi connectivity index (χ0n) is 19.9. The van der Waals surface area contributed by atoms with Crippen LogP contribution in [0, 0.1) is 19.8 Å². The third kappa shape index (κ3) is 3.94. The molecule has 0 amide bonds. The molecule has 2 aliphatic rings. The van der Waals surface area contributed by atoms with E-state index in [4.69, 9.17) is 14.6 Å². The van der Waals surface area contributed by atoms with Crippen molar-refractivity contribution in [3.8, 4) is 34.0 Å². The highest BCUT2D eigenvalue weighted by atomic mass is 16.5. The Kier molecular flexibility index (Phi) is 5.26. The van der Waals surface area contributed by atoms with E-state index in [0.29, 0.717) is 17.8 Å². The van der Waals surface area contributed by atoms with Crippen LogP contribution in [0.5, 0.6) is 0 Å². The van der Waals surface area contributed by atoms with Gasteiger partial charge in [-0.3, -0.25) is 9.69 Å². The molecule has 4 aromatic rings. The van der Waals surface area contributed by atoms with E-state index in [-0.39, 0.29) is 5.92 Å². The summed E-state index contributed by atoms with van der Waals surface area (Å²) >= 11 is 0. The highest BCUT2D eigenvalue weighted by molar-refractivity contribution is 5.75. The lowest BCUT2D eigenvalue weighted by molar-refractivity contribution is -0.147. The molecule has 0 saturated heterocycles. The molecule has 6 rings (SSSR count). The van der Waals surface area contributed by atoms with Gasteiger partial charge in [-0.25, -0.2) is 0 Å². The molecule has 0 radical (unpaired) electrons. The predicted octanol–water partition coefficient (Wildman–Crippen LogP) is 5.87. The van der Waals surface area contributed by atoms with Crippen LogP contribution < -0.4 is 0 Å². The summed E-state index contributed by atoms with van der Waals surface area (Å²) in [5.41, 5.74) is 9.18. The average molecular weight is 466 g/mol. The van der Waals surface area contributed by atoms with Crippen LogP contribution in [-0.2, 0) is 17.9 Å². The summed E-state index contributed by atoms with van der Waals surface area (Å²) in [4.78, 5) is 18.2. The number of carboxylic acid groups (broad SMARTS) is 1. The number of nitrogens with zero attached hydrogens (tertiary/aromatic N) is 3. The van der Waals surface area contributed by atoms with Crippen LogP contribution in [0.1, 0.15) is 35.1 Å². The maximum absolute atomic E-state index is 11.1. The van der Waals surface area contributed by atoms with E-state index >= 15 is 0 Å². The smallest absolute Gasteiger partial charge is 0.306 e. The van der Waals surface area contributed by atoms with Crippen molar-refractivity contribution in [1.82, 2.24) is 15.0 Å². The molecular formula is C29H27N3O3. The topological polar surface area (TPSA) is 79.5 Å². The van der Waals surface area contributed by atoms with E-state index in [1.165, 1.54) is 33.4 Å². The van der Waals surface area contributed by atoms with Gasteiger partial charge in [-0.15, -0.1) is 0 Å². The Labute approximate surface area is 204 Å². The van der Waals surface area contributed by atoms with Gasteiger partial charge in [0.25, 0.3) is 5.89 Å². The Hall–Kier alpha value is -3.77. The molecule has 176 valence electrons. The van der Waals surface area contributed by atoms with Crippen LogP contribution in [-0.4, -0.2) is 32.2 Å². The van der Waals surface area contributed by atoms with Crippen molar-refractivity contribution >= 4 is 5.97 Å². The van der Waals surface area contributed by atoms with Crippen LogP contribution in [0.2, 0.25) is 0 Å². The van der Waals surface area contributed by atoms with Gasteiger partial charge in [0.15, 0.2) is 0 Å². The Balaban J connectivity index is 1.22. The normalized spacial score (nSPS) is 19.4. The molecule has 0 atom stereocenters. The summed E-state index contributed by atoms with van der Waals surface area (Å²) in [5, 5.41) is 13.4. The van der Waals surface area contributed by atoms with Crippen molar-refractivity contribution in [2.45, 2.75) is 45.8 Å². The van der Waals surface area contributed by atoms with Crippen molar-refractivity contribution in [3.63, 3.8) is 0 Å². The van der Waals surface area contributed by atoms with E-state index in [1.54, 1.807) is 0 Å². The van der Waals surface area contributed by atoms with Crippen LogP contribution in [0.25, 0.3) is 34.0 Å². The van der Waals surface area contributed by atoms with E-state index in [9.17, 15) is 4.79 Å². The van der Waals surface area contributed by atoms with Gasteiger partial charge in [0.1, 0.15) is 0 Å². The summed E-state index contributed by atoms with van der Waals surface area (Å²) in [7, 11) is 0. The van der Waals surface area contributed by atoms with E-state index < -0.39 is 5.97 Å². The number of hydrogen-bond acceptors (Lipinski definition) is 5. The van der Waals surface area contributed by atoms with Crippen LogP contribution >= 0.6 is 0 Å². The zero-order valence-corrected chi connectivity index (χ0v) is 19.9. The lowest BCUT2D eigenvalue weighted by atomic mass is 9.79. The molecule has 6 heteroatoms. The SMILES string of the molecule is Cc1cc(-c2nc(-c3ccc4c(c3)CN([C@H]3C[C@@H](C(=O)O)C3)C4)no2)cc(C)c1-c1ccccc1. The number of aliphatic carboxylic acids is 1. The maximum atomic E-state index is 11.1. The fourth-order valence-electron chi connectivity index (χ4n) is 5.51. The molecule has 1 fully saturated rings. The minimum Gasteiger partial charge on any atom is -0.481 e. The third-order valence-corrected chi connectivity index (χ3v) is 7.46. The second kappa shape index (κ2) is 8.47. The standard InChI is InChI=1S/C29H27N3O3/c1-17-10-22(11-18(2)26(17)19-6-4-3-5-7-19)28-30-27(31-35-28)20-8-9-21-15-32(16-24(21)12-20)25-13-23(14-25)29(33)34/h3-12,23,25H,13-16H2,1-2H3,(H,33,34)/t23-,25+. The van der Waals surface area contributed by atoms with Crippen molar-refractivity contribution in [2.24, 2.45) is 5.92 Å². The monoisotopic (exact) mass is 465 g/mol. The van der Waals surface area contributed by atoms with Crippen LogP contribution in [0.3, 0.4) is 0 Å². The number of fused-ring (bicyclic) bond motifs is 1. The van der Waals surface area contributed by atoms with Crippen LogP contribution in [0.4, 0.5) is 0 Å². The fraction of sp³-hybridized carbons (Fsp3) is 0.276. The third-order valence-electron chi connectivity index (χ3n) is 7.46. The lowest BCUT2D eigenvalue weighted by Crippen LogP contribution is -2.44. The van der Waals surface area contributed by atoms with Crippen molar-refractivity contribution in [3.05, 3.63) is 82.9 Å². The molecule has 3 aromatic carbocycles. The number of carboxylic acids is 1. The first-order valence-corrected chi connectivity index (χ1v) is 12.1. The first-order valence-electron chi connectivity index (χ1n) is 12.1. The molecular weight excluding hydrogens is 438 g/mol. The molecule has 0 spiro atoms. The molecule has 1 aliphatic heterocycles. The maximum Gasteiger partial charge on any atom is 0.306 e. The predicted molar refractivity (Wildman–Crippen MR) is 133 cm³/mol. The minimum atomic E-state index is -0.673. The molecule has 1 N–H and O–H groups in total. The van der Waals surface area contributed by atoms with E-state index in [2.05, 4.69) is 72.4 Å². The van der Waals surface area contributed by atoms with Gasteiger partial charge in [0, 0.05) is 30.3 Å². The fourth-order valence-corrected chi connectivity index (χ4v) is 5.51.